The van der Waals surface area contributed by atoms with Gasteiger partial charge in [-0.3, -0.25) is 0 Å². The van der Waals surface area contributed by atoms with Crippen molar-refractivity contribution in [2.24, 2.45) is 5.41 Å². The summed E-state index contributed by atoms with van der Waals surface area (Å²) in [5.74, 6) is -0.890. The maximum absolute atomic E-state index is 10.9. The highest BCUT2D eigenvalue weighted by molar-refractivity contribution is 5.87. The van der Waals surface area contributed by atoms with Crippen molar-refractivity contribution in [1.29, 1.82) is 0 Å². The van der Waals surface area contributed by atoms with Gasteiger partial charge in [0, 0.05) is 25.1 Å². The molecule has 19 heavy (non-hydrogen) atoms. The van der Waals surface area contributed by atoms with Crippen molar-refractivity contribution in [3.8, 4) is 0 Å². The van der Waals surface area contributed by atoms with E-state index in [9.17, 15) is 4.79 Å². The smallest absolute Gasteiger partial charge is 0.335 e. The van der Waals surface area contributed by atoms with Crippen molar-refractivity contribution in [3.63, 3.8) is 0 Å². The molecule has 4 nitrogen and oxygen atoms in total. The summed E-state index contributed by atoms with van der Waals surface area (Å²) in [5.41, 5.74) is 1.38. The van der Waals surface area contributed by atoms with Gasteiger partial charge in [0.05, 0.1) is 12.2 Å². The Morgan fingerprint density at radius 1 is 1.42 bits per heavy atom. The molecule has 4 heteroatoms. The molecular weight excluding hydrogens is 242 g/mol. The Kier molecular flexibility index (Phi) is 5.99. The van der Waals surface area contributed by atoms with E-state index in [1.165, 1.54) is 0 Å². The maximum Gasteiger partial charge on any atom is 0.335 e. The third-order valence-corrected chi connectivity index (χ3v) is 2.80. The molecule has 0 saturated heterocycles. The van der Waals surface area contributed by atoms with Crippen LogP contribution in [0.5, 0.6) is 0 Å². The topological polar surface area (TPSA) is 58.6 Å². The van der Waals surface area contributed by atoms with Gasteiger partial charge in [-0.05, 0) is 24.6 Å². The summed E-state index contributed by atoms with van der Waals surface area (Å²) >= 11 is 0. The van der Waals surface area contributed by atoms with E-state index in [0.717, 1.165) is 18.7 Å². The average Bonchev–Trinajstić information content (AvgIpc) is 2.36. The second kappa shape index (κ2) is 7.26. The van der Waals surface area contributed by atoms with Crippen molar-refractivity contribution < 1.29 is 14.6 Å². The minimum Gasteiger partial charge on any atom is -0.478 e. The van der Waals surface area contributed by atoms with E-state index in [2.05, 4.69) is 19.2 Å². The molecule has 0 aliphatic heterocycles. The van der Waals surface area contributed by atoms with Crippen molar-refractivity contribution >= 4 is 5.97 Å². The summed E-state index contributed by atoms with van der Waals surface area (Å²) in [6, 6.07) is 7.00. The zero-order valence-corrected chi connectivity index (χ0v) is 11.9. The number of ether oxygens (including phenoxy) is 1. The largest absolute Gasteiger partial charge is 0.478 e. The van der Waals surface area contributed by atoms with Crippen molar-refractivity contribution in [3.05, 3.63) is 35.4 Å². The highest BCUT2D eigenvalue weighted by atomic mass is 16.5. The van der Waals surface area contributed by atoms with E-state index in [1.807, 2.05) is 13.0 Å². The lowest BCUT2D eigenvalue weighted by Gasteiger charge is -2.24. The Balaban J connectivity index is 2.44. The molecule has 106 valence electrons. The molecule has 0 aromatic heterocycles. The number of hydrogen-bond donors (Lipinski definition) is 2. The monoisotopic (exact) mass is 265 g/mol. The zero-order chi connectivity index (χ0) is 14.3. The van der Waals surface area contributed by atoms with Crippen LogP contribution in [-0.4, -0.2) is 30.8 Å². The van der Waals surface area contributed by atoms with Gasteiger partial charge >= 0.3 is 5.97 Å². The minimum absolute atomic E-state index is 0.0699. The molecule has 0 bridgehead atoms. The molecule has 1 aromatic rings. The zero-order valence-electron chi connectivity index (χ0n) is 11.9. The molecule has 1 aromatic carbocycles. The van der Waals surface area contributed by atoms with E-state index < -0.39 is 5.97 Å². The number of hydrogen-bond acceptors (Lipinski definition) is 3. The molecule has 0 aliphatic rings. The first-order chi connectivity index (χ1) is 8.94. The highest BCUT2D eigenvalue weighted by Crippen LogP contribution is 2.14. The summed E-state index contributed by atoms with van der Waals surface area (Å²) in [7, 11) is 0. The van der Waals surface area contributed by atoms with Crippen LogP contribution in [0.15, 0.2) is 24.3 Å². The summed E-state index contributed by atoms with van der Waals surface area (Å²) in [6.07, 6.45) is 0. The van der Waals surface area contributed by atoms with Crippen molar-refractivity contribution in [2.75, 3.05) is 19.8 Å². The molecule has 0 amide bonds. The Labute approximate surface area is 114 Å². The maximum atomic E-state index is 10.9. The molecule has 0 fully saturated rings. The third-order valence-electron chi connectivity index (χ3n) is 2.80. The molecule has 0 unspecified atom stereocenters. The van der Waals surface area contributed by atoms with Gasteiger partial charge in [-0.25, -0.2) is 4.79 Å². The first-order valence-corrected chi connectivity index (χ1v) is 6.55. The van der Waals surface area contributed by atoms with Crippen LogP contribution in [0, 0.1) is 5.41 Å². The van der Waals surface area contributed by atoms with E-state index in [0.29, 0.717) is 18.7 Å². The molecule has 0 radical (unpaired) electrons. The second-order valence-electron chi connectivity index (χ2n) is 5.41. The van der Waals surface area contributed by atoms with Crippen LogP contribution in [0.3, 0.4) is 0 Å². The Morgan fingerprint density at radius 2 is 2.16 bits per heavy atom. The second-order valence-corrected chi connectivity index (χ2v) is 5.41. The van der Waals surface area contributed by atoms with Gasteiger partial charge in [0.25, 0.3) is 0 Å². The van der Waals surface area contributed by atoms with Crippen molar-refractivity contribution in [2.45, 2.75) is 27.3 Å². The Bertz CT molecular complexity index is 416. The van der Waals surface area contributed by atoms with Gasteiger partial charge in [0.2, 0.25) is 0 Å². The molecule has 2 N–H and O–H groups in total. The van der Waals surface area contributed by atoms with Gasteiger partial charge < -0.3 is 15.2 Å². The lowest BCUT2D eigenvalue weighted by molar-refractivity contribution is 0.0696. The van der Waals surface area contributed by atoms with Crippen LogP contribution in [-0.2, 0) is 11.3 Å². The lowest BCUT2D eigenvalue weighted by Crippen LogP contribution is -2.33. The van der Waals surface area contributed by atoms with E-state index in [4.69, 9.17) is 9.84 Å². The van der Waals surface area contributed by atoms with Crippen molar-refractivity contribution in [1.82, 2.24) is 5.32 Å². The van der Waals surface area contributed by atoms with Gasteiger partial charge in [-0.1, -0.05) is 26.0 Å². The van der Waals surface area contributed by atoms with E-state index in [-0.39, 0.29) is 5.41 Å². The Hall–Kier alpha value is -1.39. The van der Waals surface area contributed by atoms with E-state index in [1.54, 1.807) is 18.2 Å². The molecule has 0 aliphatic carbocycles. The fourth-order valence-corrected chi connectivity index (χ4v) is 1.79. The predicted molar refractivity (Wildman–Crippen MR) is 75.4 cm³/mol. The van der Waals surface area contributed by atoms with Crippen LogP contribution in [0.25, 0.3) is 0 Å². The van der Waals surface area contributed by atoms with E-state index >= 15 is 0 Å². The number of benzene rings is 1. The molecular formula is C15H23NO3. The minimum atomic E-state index is -0.890. The number of rotatable bonds is 8. The summed E-state index contributed by atoms with van der Waals surface area (Å²) in [5, 5.41) is 12.3. The third kappa shape index (κ3) is 5.85. The fourth-order valence-electron chi connectivity index (χ4n) is 1.79. The SMILES string of the molecule is CCOCC(C)(C)CNCc1cccc(C(=O)O)c1. The number of carboxylic acids is 1. The first kappa shape index (κ1) is 15.7. The van der Waals surface area contributed by atoms with Crippen LogP contribution in [0.4, 0.5) is 0 Å². The summed E-state index contributed by atoms with van der Waals surface area (Å²) < 4.78 is 5.43. The summed E-state index contributed by atoms with van der Waals surface area (Å²) in [4.78, 5) is 10.9. The molecule has 0 saturated carbocycles. The fraction of sp³-hybridized carbons (Fsp3) is 0.533. The standard InChI is InChI=1S/C15H23NO3/c1-4-19-11-15(2,3)10-16-9-12-6-5-7-13(8-12)14(17)18/h5-8,16H,4,9-11H2,1-3H3,(H,17,18). The quantitative estimate of drug-likeness (QED) is 0.758. The number of carboxylic acid groups (broad SMARTS) is 1. The number of nitrogens with one attached hydrogen (secondary N) is 1. The lowest BCUT2D eigenvalue weighted by atomic mass is 9.95. The molecule has 0 atom stereocenters. The van der Waals surface area contributed by atoms with Gasteiger partial charge in [-0.15, -0.1) is 0 Å². The highest BCUT2D eigenvalue weighted by Gasteiger charge is 2.17. The molecule has 0 spiro atoms. The summed E-state index contributed by atoms with van der Waals surface area (Å²) in [6.45, 7) is 9.20. The van der Waals surface area contributed by atoms with Gasteiger partial charge in [-0.2, -0.15) is 0 Å². The first-order valence-electron chi connectivity index (χ1n) is 6.55. The normalized spacial score (nSPS) is 11.5. The molecule has 0 heterocycles. The van der Waals surface area contributed by atoms with Crippen LogP contribution < -0.4 is 5.32 Å². The average molecular weight is 265 g/mol. The van der Waals surface area contributed by atoms with Crippen LogP contribution in [0.2, 0.25) is 0 Å². The molecule has 1 rings (SSSR count). The number of carbonyl (C=O) groups is 1. The van der Waals surface area contributed by atoms with Gasteiger partial charge in [0.15, 0.2) is 0 Å². The number of aromatic carboxylic acids is 1. The Morgan fingerprint density at radius 3 is 2.79 bits per heavy atom. The van der Waals surface area contributed by atoms with Gasteiger partial charge in [0.1, 0.15) is 0 Å². The van der Waals surface area contributed by atoms with Crippen LogP contribution in [0.1, 0.15) is 36.7 Å². The predicted octanol–water partition coefficient (Wildman–Crippen LogP) is 2.54. The van der Waals surface area contributed by atoms with Crippen LogP contribution >= 0.6 is 0 Å².